The first-order valence-corrected chi connectivity index (χ1v) is 6.10. The monoisotopic (exact) mass is 278 g/mol. The maximum Gasteiger partial charge on any atom is 0.0701 e. The third-order valence-corrected chi connectivity index (χ3v) is 3.65. The van der Waals surface area contributed by atoms with Crippen LogP contribution in [0.4, 0.5) is 0 Å². The average Bonchev–Trinajstić information content (AvgIpc) is 2.47. The minimum Gasteiger partial charge on any atom is -0.390 e. The van der Waals surface area contributed by atoms with E-state index in [1.54, 1.807) is 18.4 Å². The molecule has 0 radical (unpaired) electrons. The summed E-state index contributed by atoms with van der Waals surface area (Å²) in [5.41, 5.74) is -0.666. The van der Waals surface area contributed by atoms with Crippen LogP contribution in [-0.2, 0) is 11.2 Å². The van der Waals surface area contributed by atoms with Crippen molar-refractivity contribution in [1.82, 2.24) is 0 Å². The van der Waals surface area contributed by atoms with E-state index in [4.69, 9.17) is 4.74 Å². The lowest BCUT2D eigenvalue weighted by atomic mass is 9.98. The first-order valence-electron chi connectivity index (χ1n) is 4.49. The molecule has 0 aliphatic carbocycles. The van der Waals surface area contributed by atoms with E-state index in [0.717, 1.165) is 3.79 Å². The van der Waals surface area contributed by atoms with Crippen LogP contribution >= 0.6 is 27.3 Å². The highest BCUT2D eigenvalue weighted by Crippen LogP contribution is 2.26. The van der Waals surface area contributed by atoms with Gasteiger partial charge in [0.15, 0.2) is 0 Å². The summed E-state index contributed by atoms with van der Waals surface area (Å²) in [4.78, 5) is 1.19. The van der Waals surface area contributed by atoms with Crippen molar-refractivity contribution in [2.24, 2.45) is 0 Å². The van der Waals surface area contributed by atoms with Crippen molar-refractivity contribution < 1.29 is 9.84 Å². The van der Waals surface area contributed by atoms with Gasteiger partial charge in [0.2, 0.25) is 0 Å². The van der Waals surface area contributed by atoms with Gasteiger partial charge in [0, 0.05) is 25.0 Å². The van der Waals surface area contributed by atoms with Crippen LogP contribution in [0.3, 0.4) is 0 Å². The maximum atomic E-state index is 10.0. The van der Waals surface area contributed by atoms with Crippen LogP contribution in [0.15, 0.2) is 15.9 Å². The molecule has 1 aromatic heterocycles. The molecule has 0 amide bonds. The standard InChI is InChI=1S/C10H15BrO2S/c1-10(12,5-6-13-2)7-8-3-4-9(11)14-8/h3-4,12H,5-7H2,1-2H3. The summed E-state index contributed by atoms with van der Waals surface area (Å²) in [6.45, 7) is 2.44. The van der Waals surface area contributed by atoms with Gasteiger partial charge < -0.3 is 9.84 Å². The second-order valence-corrected chi connectivity index (χ2v) is 6.17. The van der Waals surface area contributed by atoms with Crippen LogP contribution < -0.4 is 0 Å². The van der Waals surface area contributed by atoms with Gasteiger partial charge in [-0.25, -0.2) is 0 Å². The SMILES string of the molecule is COCCC(C)(O)Cc1ccc(Br)s1. The lowest BCUT2D eigenvalue weighted by molar-refractivity contribution is 0.0256. The number of methoxy groups -OCH3 is 1. The highest BCUT2D eigenvalue weighted by atomic mass is 79.9. The second-order valence-electron chi connectivity index (χ2n) is 3.62. The van der Waals surface area contributed by atoms with Crippen molar-refractivity contribution in [3.8, 4) is 0 Å². The molecule has 0 spiro atoms. The molecular formula is C10H15BrO2S. The molecule has 0 saturated carbocycles. The fourth-order valence-electron chi connectivity index (χ4n) is 1.23. The van der Waals surface area contributed by atoms with Crippen LogP contribution in [0.5, 0.6) is 0 Å². The van der Waals surface area contributed by atoms with E-state index in [1.807, 2.05) is 19.1 Å². The minimum absolute atomic E-state index is 0.597. The van der Waals surface area contributed by atoms with Gasteiger partial charge in [0.25, 0.3) is 0 Å². The number of hydrogen-bond donors (Lipinski definition) is 1. The number of ether oxygens (including phenoxy) is 1. The highest BCUT2D eigenvalue weighted by Gasteiger charge is 2.21. The first kappa shape index (κ1) is 12.2. The summed E-state index contributed by atoms with van der Waals surface area (Å²) in [5.74, 6) is 0. The Morgan fingerprint density at radius 1 is 1.57 bits per heavy atom. The zero-order valence-electron chi connectivity index (χ0n) is 8.42. The quantitative estimate of drug-likeness (QED) is 0.898. The molecule has 0 saturated heterocycles. The average molecular weight is 279 g/mol. The number of aliphatic hydroxyl groups is 1. The largest absolute Gasteiger partial charge is 0.390 e. The summed E-state index contributed by atoms with van der Waals surface area (Å²) in [6.07, 6.45) is 1.35. The molecule has 14 heavy (non-hydrogen) atoms. The van der Waals surface area contributed by atoms with Crippen LogP contribution in [0, 0.1) is 0 Å². The number of rotatable bonds is 5. The van der Waals surface area contributed by atoms with Crippen molar-refractivity contribution in [3.63, 3.8) is 0 Å². The molecule has 1 rings (SSSR count). The summed E-state index contributed by atoms with van der Waals surface area (Å²) in [7, 11) is 1.65. The highest BCUT2D eigenvalue weighted by molar-refractivity contribution is 9.11. The molecule has 1 atom stereocenters. The predicted octanol–water partition coefficient (Wildman–Crippen LogP) is 2.84. The van der Waals surface area contributed by atoms with Gasteiger partial charge in [-0.1, -0.05) is 0 Å². The number of halogens is 1. The predicted molar refractivity (Wildman–Crippen MR) is 62.8 cm³/mol. The Bertz CT molecular complexity index is 283. The van der Waals surface area contributed by atoms with E-state index >= 15 is 0 Å². The lowest BCUT2D eigenvalue weighted by Crippen LogP contribution is -2.28. The smallest absolute Gasteiger partial charge is 0.0701 e. The minimum atomic E-state index is -0.666. The maximum absolute atomic E-state index is 10.0. The third-order valence-electron chi connectivity index (χ3n) is 2.03. The molecule has 0 aromatic carbocycles. The summed E-state index contributed by atoms with van der Waals surface area (Å²) >= 11 is 5.07. The van der Waals surface area contributed by atoms with Gasteiger partial charge in [-0.05, 0) is 41.4 Å². The summed E-state index contributed by atoms with van der Waals surface area (Å²) in [5, 5.41) is 10.0. The van der Waals surface area contributed by atoms with Gasteiger partial charge in [-0.2, -0.15) is 0 Å². The molecule has 0 aliphatic heterocycles. The van der Waals surface area contributed by atoms with E-state index in [1.165, 1.54) is 4.88 Å². The molecule has 1 N–H and O–H groups in total. The van der Waals surface area contributed by atoms with Crippen LogP contribution in [0.25, 0.3) is 0 Å². The van der Waals surface area contributed by atoms with Crippen molar-refractivity contribution in [2.45, 2.75) is 25.4 Å². The molecule has 1 heterocycles. The van der Waals surface area contributed by atoms with Crippen molar-refractivity contribution >= 4 is 27.3 Å². The number of thiophene rings is 1. The van der Waals surface area contributed by atoms with Gasteiger partial charge >= 0.3 is 0 Å². The first-order chi connectivity index (χ1) is 6.53. The van der Waals surface area contributed by atoms with Crippen LogP contribution in [0.2, 0.25) is 0 Å². The zero-order valence-corrected chi connectivity index (χ0v) is 10.8. The van der Waals surface area contributed by atoms with Gasteiger partial charge in [0.05, 0.1) is 9.39 Å². The molecule has 80 valence electrons. The van der Waals surface area contributed by atoms with Gasteiger partial charge in [-0.15, -0.1) is 11.3 Å². The number of hydrogen-bond acceptors (Lipinski definition) is 3. The molecule has 4 heteroatoms. The van der Waals surface area contributed by atoms with Crippen molar-refractivity contribution in [2.75, 3.05) is 13.7 Å². The zero-order chi connectivity index (χ0) is 10.6. The van der Waals surface area contributed by atoms with E-state index in [0.29, 0.717) is 19.4 Å². The Labute approximate surface area is 97.0 Å². The van der Waals surface area contributed by atoms with Gasteiger partial charge in [0.1, 0.15) is 0 Å². The van der Waals surface area contributed by atoms with Crippen molar-refractivity contribution in [1.29, 1.82) is 0 Å². The Balaban J connectivity index is 2.49. The van der Waals surface area contributed by atoms with E-state index in [2.05, 4.69) is 15.9 Å². The van der Waals surface area contributed by atoms with Crippen molar-refractivity contribution in [3.05, 3.63) is 20.8 Å². The third kappa shape index (κ3) is 4.09. The second kappa shape index (κ2) is 5.26. The lowest BCUT2D eigenvalue weighted by Gasteiger charge is -2.21. The molecule has 0 bridgehead atoms. The molecule has 0 fully saturated rings. The Morgan fingerprint density at radius 3 is 2.79 bits per heavy atom. The Kier molecular flexibility index (Phi) is 4.57. The van der Waals surface area contributed by atoms with E-state index < -0.39 is 5.60 Å². The van der Waals surface area contributed by atoms with Crippen LogP contribution in [-0.4, -0.2) is 24.4 Å². The molecular weight excluding hydrogens is 264 g/mol. The normalized spacial score (nSPS) is 15.4. The fourth-order valence-corrected chi connectivity index (χ4v) is 2.89. The molecule has 1 aromatic rings. The molecule has 0 aliphatic rings. The fraction of sp³-hybridized carbons (Fsp3) is 0.600. The summed E-state index contributed by atoms with van der Waals surface area (Å²) in [6, 6.07) is 4.04. The van der Waals surface area contributed by atoms with Gasteiger partial charge in [-0.3, -0.25) is 0 Å². The molecule has 1 unspecified atom stereocenters. The summed E-state index contributed by atoms with van der Waals surface area (Å²) < 4.78 is 6.06. The topological polar surface area (TPSA) is 29.5 Å². The van der Waals surface area contributed by atoms with E-state index in [-0.39, 0.29) is 0 Å². The molecule has 2 nitrogen and oxygen atoms in total. The van der Waals surface area contributed by atoms with E-state index in [9.17, 15) is 5.11 Å². The Morgan fingerprint density at radius 2 is 2.29 bits per heavy atom. The van der Waals surface area contributed by atoms with Crippen LogP contribution in [0.1, 0.15) is 18.2 Å². The Hall–Kier alpha value is 0.1000.